The van der Waals surface area contributed by atoms with Crippen molar-refractivity contribution in [1.29, 1.82) is 0 Å². The minimum absolute atomic E-state index is 0.0562. The minimum atomic E-state index is -0.0950. The largest absolute Gasteiger partial charge is 0.507 e. The topological polar surface area (TPSA) is 49.8 Å². The van der Waals surface area contributed by atoms with Gasteiger partial charge in [-0.2, -0.15) is 0 Å². The fourth-order valence-corrected chi connectivity index (χ4v) is 3.30. The van der Waals surface area contributed by atoms with Crippen molar-refractivity contribution in [3.8, 4) is 11.5 Å². The van der Waals surface area contributed by atoms with Crippen molar-refractivity contribution < 1.29 is 14.6 Å². The third kappa shape index (κ3) is 4.01. The van der Waals surface area contributed by atoms with Gasteiger partial charge in [-0.1, -0.05) is 19.1 Å². The van der Waals surface area contributed by atoms with Crippen molar-refractivity contribution in [1.82, 2.24) is 4.90 Å². The van der Waals surface area contributed by atoms with Crippen LogP contribution in [0.1, 0.15) is 46.8 Å². The summed E-state index contributed by atoms with van der Waals surface area (Å²) in [5.41, 5.74) is 3.94. The van der Waals surface area contributed by atoms with Crippen LogP contribution in [0.15, 0.2) is 36.4 Å². The number of rotatable bonds is 4. The van der Waals surface area contributed by atoms with Gasteiger partial charge in [0.1, 0.15) is 17.6 Å². The zero-order chi connectivity index (χ0) is 18.7. The van der Waals surface area contributed by atoms with Crippen molar-refractivity contribution in [2.75, 3.05) is 13.1 Å². The van der Waals surface area contributed by atoms with Gasteiger partial charge in [0.2, 0.25) is 0 Å². The highest BCUT2D eigenvalue weighted by atomic mass is 16.5. The molecule has 4 nitrogen and oxygen atoms in total. The van der Waals surface area contributed by atoms with E-state index in [9.17, 15) is 9.90 Å². The molecule has 138 valence electrons. The first-order valence-corrected chi connectivity index (χ1v) is 9.33. The molecule has 0 aliphatic carbocycles. The average molecular weight is 353 g/mol. The van der Waals surface area contributed by atoms with Crippen LogP contribution >= 0.6 is 0 Å². The van der Waals surface area contributed by atoms with E-state index in [1.165, 1.54) is 11.1 Å². The van der Waals surface area contributed by atoms with E-state index < -0.39 is 0 Å². The molecule has 1 saturated heterocycles. The van der Waals surface area contributed by atoms with E-state index in [0.29, 0.717) is 18.7 Å². The standard InChI is InChI=1S/C22H27NO3/c1-4-17-6-8-21(24)20(14-17)22(25)23-11-9-18(10-12-23)26-19-7-5-15(2)16(3)13-19/h5-8,13-14,18,24H,4,9-12H2,1-3H3. The summed E-state index contributed by atoms with van der Waals surface area (Å²) in [6.07, 6.45) is 2.56. The number of ether oxygens (including phenoxy) is 1. The molecule has 0 unspecified atom stereocenters. The van der Waals surface area contributed by atoms with Crippen LogP contribution in [0, 0.1) is 13.8 Å². The number of hydrogen-bond donors (Lipinski definition) is 1. The van der Waals surface area contributed by atoms with Crippen molar-refractivity contribution in [3.63, 3.8) is 0 Å². The molecular weight excluding hydrogens is 326 g/mol. The molecule has 2 aromatic rings. The van der Waals surface area contributed by atoms with E-state index in [4.69, 9.17) is 4.74 Å². The molecule has 1 amide bonds. The molecule has 0 atom stereocenters. The normalized spacial score (nSPS) is 15.1. The molecule has 0 saturated carbocycles. The summed E-state index contributed by atoms with van der Waals surface area (Å²) >= 11 is 0. The van der Waals surface area contributed by atoms with Gasteiger partial charge in [-0.15, -0.1) is 0 Å². The molecule has 3 rings (SSSR count). The van der Waals surface area contributed by atoms with Crippen molar-refractivity contribution in [2.45, 2.75) is 46.1 Å². The van der Waals surface area contributed by atoms with Gasteiger partial charge in [0, 0.05) is 25.9 Å². The Hall–Kier alpha value is -2.49. The minimum Gasteiger partial charge on any atom is -0.507 e. The van der Waals surface area contributed by atoms with E-state index >= 15 is 0 Å². The summed E-state index contributed by atoms with van der Waals surface area (Å²) in [7, 11) is 0. The van der Waals surface area contributed by atoms with Gasteiger partial charge in [0.25, 0.3) is 5.91 Å². The maximum atomic E-state index is 12.8. The number of amides is 1. The number of carbonyl (C=O) groups excluding carboxylic acids is 1. The Kier molecular flexibility index (Phi) is 5.50. The van der Waals surface area contributed by atoms with Gasteiger partial charge < -0.3 is 14.7 Å². The second-order valence-corrected chi connectivity index (χ2v) is 7.06. The lowest BCUT2D eigenvalue weighted by molar-refractivity contribution is 0.0593. The quantitative estimate of drug-likeness (QED) is 0.894. The lowest BCUT2D eigenvalue weighted by Gasteiger charge is -2.32. The summed E-state index contributed by atoms with van der Waals surface area (Å²) in [6, 6.07) is 11.4. The second-order valence-electron chi connectivity index (χ2n) is 7.06. The molecule has 0 radical (unpaired) electrons. The predicted octanol–water partition coefficient (Wildman–Crippen LogP) is 4.26. The van der Waals surface area contributed by atoms with Crippen LogP contribution < -0.4 is 4.74 Å². The Morgan fingerprint density at radius 2 is 1.85 bits per heavy atom. The molecule has 1 fully saturated rings. The fourth-order valence-electron chi connectivity index (χ4n) is 3.30. The second kappa shape index (κ2) is 7.81. The highest BCUT2D eigenvalue weighted by Crippen LogP contribution is 2.25. The molecule has 1 N–H and O–H groups in total. The van der Waals surface area contributed by atoms with Crippen LogP contribution in [-0.2, 0) is 6.42 Å². The first-order chi connectivity index (χ1) is 12.5. The van der Waals surface area contributed by atoms with E-state index in [1.54, 1.807) is 12.1 Å². The lowest BCUT2D eigenvalue weighted by Crippen LogP contribution is -2.41. The van der Waals surface area contributed by atoms with Crippen LogP contribution in [0.3, 0.4) is 0 Å². The fraction of sp³-hybridized carbons (Fsp3) is 0.409. The zero-order valence-corrected chi connectivity index (χ0v) is 15.8. The number of aryl methyl sites for hydroxylation is 3. The summed E-state index contributed by atoms with van der Waals surface area (Å²) in [5.74, 6) is 0.856. The zero-order valence-electron chi connectivity index (χ0n) is 15.8. The number of phenolic OH excluding ortho intramolecular Hbond substituents is 1. The first-order valence-electron chi connectivity index (χ1n) is 9.33. The van der Waals surface area contributed by atoms with Gasteiger partial charge in [-0.3, -0.25) is 4.79 Å². The molecule has 1 aliphatic rings. The SMILES string of the molecule is CCc1ccc(O)c(C(=O)N2CCC(Oc3ccc(C)c(C)c3)CC2)c1. The number of benzene rings is 2. The Balaban J connectivity index is 1.61. The van der Waals surface area contributed by atoms with E-state index in [0.717, 1.165) is 30.6 Å². The Morgan fingerprint density at radius 3 is 2.50 bits per heavy atom. The van der Waals surface area contributed by atoms with Gasteiger partial charge in [0.15, 0.2) is 0 Å². The van der Waals surface area contributed by atoms with E-state index in [2.05, 4.69) is 26.0 Å². The third-order valence-electron chi connectivity index (χ3n) is 5.21. The highest BCUT2D eigenvalue weighted by Gasteiger charge is 2.26. The van der Waals surface area contributed by atoms with E-state index in [1.807, 2.05) is 24.0 Å². The molecule has 4 heteroatoms. The number of nitrogens with zero attached hydrogens (tertiary/aromatic N) is 1. The van der Waals surface area contributed by atoms with Gasteiger partial charge in [-0.25, -0.2) is 0 Å². The summed E-state index contributed by atoms with van der Waals surface area (Å²) < 4.78 is 6.10. The van der Waals surface area contributed by atoms with Crippen molar-refractivity contribution >= 4 is 5.91 Å². The molecule has 0 spiro atoms. The maximum Gasteiger partial charge on any atom is 0.257 e. The molecule has 26 heavy (non-hydrogen) atoms. The molecule has 1 heterocycles. The van der Waals surface area contributed by atoms with Gasteiger partial charge >= 0.3 is 0 Å². The molecule has 1 aliphatic heterocycles. The van der Waals surface area contributed by atoms with Crippen LogP contribution in [-0.4, -0.2) is 35.1 Å². The summed E-state index contributed by atoms with van der Waals surface area (Å²) in [4.78, 5) is 14.6. The predicted molar refractivity (Wildman–Crippen MR) is 103 cm³/mol. The van der Waals surface area contributed by atoms with Crippen LogP contribution in [0.2, 0.25) is 0 Å². The summed E-state index contributed by atoms with van der Waals surface area (Å²) in [6.45, 7) is 7.50. The van der Waals surface area contributed by atoms with Crippen LogP contribution in [0.25, 0.3) is 0 Å². The molecular formula is C22H27NO3. The maximum absolute atomic E-state index is 12.8. The Labute approximate surface area is 155 Å². The monoisotopic (exact) mass is 353 g/mol. The number of hydrogen-bond acceptors (Lipinski definition) is 3. The average Bonchev–Trinajstić information content (AvgIpc) is 2.65. The Bertz CT molecular complexity index is 792. The molecule has 0 bridgehead atoms. The van der Waals surface area contributed by atoms with Crippen molar-refractivity contribution in [2.24, 2.45) is 0 Å². The smallest absolute Gasteiger partial charge is 0.257 e. The number of likely N-dealkylation sites (tertiary alicyclic amines) is 1. The van der Waals surface area contributed by atoms with Gasteiger partial charge in [0.05, 0.1) is 5.56 Å². The number of phenols is 1. The highest BCUT2D eigenvalue weighted by molar-refractivity contribution is 5.97. The third-order valence-corrected chi connectivity index (χ3v) is 5.21. The molecule has 2 aromatic carbocycles. The number of aromatic hydroxyl groups is 1. The number of carbonyl (C=O) groups is 1. The van der Waals surface area contributed by atoms with Crippen LogP contribution in [0.4, 0.5) is 0 Å². The van der Waals surface area contributed by atoms with Crippen LogP contribution in [0.5, 0.6) is 11.5 Å². The summed E-state index contributed by atoms with van der Waals surface area (Å²) in [5, 5.41) is 10.1. The van der Waals surface area contributed by atoms with E-state index in [-0.39, 0.29) is 17.8 Å². The lowest BCUT2D eigenvalue weighted by atomic mass is 10.0. The van der Waals surface area contributed by atoms with Crippen molar-refractivity contribution in [3.05, 3.63) is 58.7 Å². The first kappa shape index (κ1) is 18.3. The number of piperidine rings is 1. The Morgan fingerprint density at radius 1 is 1.12 bits per heavy atom. The van der Waals surface area contributed by atoms with Gasteiger partial charge in [-0.05, 0) is 61.2 Å². The molecule has 0 aromatic heterocycles.